The van der Waals surface area contributed by atoms with Gasteiger partial charge in [-0.25, -0.2) is 5.43 Å². The molecule has 0 bridgehead atoms. The van der Waals surface area contributed by atoms with E-state index in [2.05, 4.69) is 15.8 Å². The molecule has 2 unspecified atom stereocenters. The van der Waals surface area contributed by atoms with Crippen molar-refractivity contribution in [3.8, 4) is 0 Å². The Morgan fingerprint density at radius 1 is 1.45 bits per heavy atom. The van der Waals surface area contributed by atoms with Gasteiger partial charge in [0.05, 0.1) is 5.71 Å². The lowest BCUT2D eigenvalue weighted by Crippen LogP contribution is -2.36. The number of hydrazone groups is 1. The van der Waals surface area contributed by atoms with Crippen molar-refractivity contribution < 1.29 is 9.59 Å². The maximum atomic E-state index is 12.1. The van der Waals surface area contributed by atoms with E-state index in [4.69, 9.17) is 0 Å². The third kappa shape index (κ3) is 2.09. The Morgan fingerprint density at radius 2 is 2.25 bits per heavy atom. The Morgan fingerprint density at radius 3 is 2.90 bits per heavy atom. The van der Waals surface area contributed by atoms with Crippen LogP contribution in [0.2, 0.25) is 0 Å². The fraction of sp³-hybridized carbons (Fsp3) is 0.462. The fourth-order valence-corrected chi connectivity index (χ4v) is 4.02. The summed E-state index contributed by atoms with van der Waals surface area (Å²) >= 11 is 2.80. The highest BCUT2D eigenvalue weighted by Gasteiger charge is 2.49. The molecule has 0 aromatic heterocycles. The number of fused-ring (bicyclic) bond motifs is 1. The van der Waals surface area contributed by atoms with Crippen molar-refractivity contribution in [1.29, 1.82) is 0 Å². The van der Waals surface area contributed by atoms with E-state index >= 15 is 0 Å². The molecule has 7 heteroatoms. The number of allylic oxidation sites excluding steroid dienone is 4. The van der Waals surface area contributed by atoms with Crippen LogP contribution >= 0.6 is 23.5 Å². The van der Waals surface area contributed by atoms with Crippen molar-refractivity contribution in [1.82, 2.24) is 10.7 Å². The van der Waals surface area contributed by atoms with Crippen LogP contribution in [-0.2, 0) is 4.79 Å². The van der Waals surface area contributed by atoms with Crippen molar-refractivity contribution in [2.75, 3.05) is 12.0 Å². The summed E-state index contributed by atoms with van der Waals surface area (Å²) in [7, 11) is 0. The lowest BCUT2D eigenvalue weighted by molar-refractivity contribution is -0.121. The summed E-state index contributed by atoms with van der Waals surface area (Å²) in [5.41, 5.74) is 5.48. The largest absolute Gasteiger partial charge is 0.328 e. The van der Waals surface area contributed by atoms with Crippen LogP contribution in [0.1, 0.15) is 13.3 Å². The smallest absolute Gasteiger partial charge is 0.299 e. The van der Waals surface area contributed by atoms with Crippen LogP contribution in [-0.4, -0.2) is 33.6 Å². The minimum absolute atomic E-state index is 0.0733. The van der Waals surface area contributed by atoms with Crippen LogP contribution in [0, 0.1) is 5.92 Å². The van der Waals surface area contributed by atoms with Crippen LogP contribution in [0.4, 0.5) is 4.79 Å². The molecule has 0 aromatic carbocycles. The zero-order valence-corrected chi connectivity index (χ0v) is 12.9. The molecule has 2 amide bonds. The molecule has 1 fully saturated rings. The lowest BCUT2D eigenvalue weighted by atomic mass is 9.83. The highest BCUT2D eigenvalue weighted by Crippen LogP contribution is 2.45. The Bertz CT molecular complexity index is 582. The minimum Gasteiger partial charge on any atom is -0.328 e. The van der Waals surface area contributed by atoms with E-state index in [-0.39, 0.29) is 17.1 Å². The second kappa shape index (κ2) is 4.96. The highest BCUT2D eigenvalue weighted by atomic mass is 32.2. The van der Waals surface area contributed by atoms with Gasteiger partial charge in [-0.15, -0.1) is 11.8 Å². The number of amides is 2. The molecular weight excluding hydrogens is 294 g/mol. The number of carbonyl (C=O) groups is 2. The van der Waals surface area contributed by atoms with E-state index in [1.165, 1.54) is 11.8 Å². The zero-order chi connectivity index (χ0) is 14.3. The summed E-state index contributed by atoms with van der Waals surface area (Å²) in [6.45, 7) is 1.99. The van der Waals surface area contributed by atoms with Gasteiger partial charge in [0.2, 0.25) is 5.91 Å². The van der Waals surface area contributed by atoms with Crippen molar-refractivity contribution in [3.05, 3.63) is 23.4 Å². The average Bonchev–Trinajstić information content (AvgIpc) is 2.72. The molecule has 2 aliphatic heterocycles. The number of thioether (sulfide) groups is 2. The van der Waals surface area contributed by atoms with Crippen molar-refractivity contribution >= 4 is 40.4 Å². The summed E-state index contributed by atoms with van der Waals surface area (Å²) < 4.78 is -0.434. The molecule has 1 saturated heterocycles. The number of hydrogen-bond donors (Lipinski definition) is 2. The van der Waals surface area contributed by atoms with Crippen LogP contribution < -0.4 is 10.7 Å². The Labute approximate surface area is 125 Å². The quantitative estimate of drug-likeness (QED) is 0.817. The van der Waals surface area contributed by atoms with Crippen molar-refractivity contribution in [2.24, 2.45) is 11.0 Å². The average molecular weight is 309 g/mol. The first-order chi connectivity index (χ1) is 9.54. The summed E-state index contributed by atoms with van der Waals surface area (Å²) in [4.78, 5) is 23.3. The second-order valence-corrected chi connectivity index (χ2v) is 7.29. The molecule has 0 radical (unpaired) electrons. The SMILES string of the molecule is CSC1(C)C(=O)NC2=CC=C(C3=NNC(=O)SC3)CC21. The first-order valence-corrected chi connectivity index (χ1v) is 8.52. The van der Waals surface area contributed by atoms with Crippen molar-refractivity contribution in [3.63, 3.8) is 0 Å². The van der Waals surface area contributed by atoms with Gasteiger partial charge in [0.15, 0.2) is 0 Å². The Kier molecular flexibility index (Phi) is 3.41. The normalized spacial score (nSPS) is 32.7. The van der Waals surface area contributed by atoms with E-state index in [1.54, 1.807) is 11.8 Å². The number of rotatable bonds is 2. The summed E-state index contributed by atoms with van der Waals surface area (Å²) in [6.07, 6.45) is 6.70. The minimum atomic E-state index is -0.434. The molecular formula is C13H15N3O2S2. The number of nitrogens with one attached hydrogen (secondary N) is 2. The first kappa shape index (κ1) is 13.8. The van der Waals surface area contributed by atoms with Crippen LogP contribution in [0.3, 0.4) is 0 Å². The Balaban J connectivity index is 1.86. The number of carbonyl (C=O) groups excluding carboxylic acids is 2. The summed E-state index contributed by atoms with van der Waals surface area (Å²) in [6, 6.07) is 0. The van der Waals surface area contributed by atoms with E-state index in [9.17, 15) is 9.59 Å². The van der Waals surface area contributed by atoms with Gasteiger partial charge in [-0.2, -0.15) is 5.10 Å². The van der Waals surface area contributed by atoms with Gasteiger partial charge in [0.25, 0.3) is 5.24 Å². The molecule has 20 heavy (non-hydrogen) atoms. The molecule has 106 valence electrons. The number of hydrogen-bond acceptors (Lipinski definition) is 5. The second-order valence-electron chi connectivity index (χ2n) is 5.08. The molecule has 2 heterocycles. The molecule has 0 aromatic rings. The molecule has 0 saturated carbocycles. The monoisotopic (exact) mass is 309 g/mol. The highest BCUT2D eigenvalue weighted by molar-refractivity contribution is 8.14. The molecule has 3 rings (SSSR count). The summed E-state index contributed by atoms with van der Waals surface area (Å²) in [5, 5.41) is 6.98. The molecule has 2 N–H and O–H groups in total. The zero-order valence-electron chi connectivity index (χ0n) is 11.2. The van der Waals surface area contributed by atoms with Gasteiger partial charge in [-0.05, 0) is 31.2 Å². The molecule has 1 aliphatic carbocycles. The van der Waals surface area contributed by atoms with E-state index in [1.807, 2.05) is 25.3 Å². The Hall–Kier alpha value is -1.21. The van der Waals surface area contributed by atoms with Gasteiger partial charge in [-0.3, -0.25) is 9.59 Å². The maximum Gasteiger partial charge on any atom is 0.299 e. The summed E-state index contributed by atoms with van der Waals surface area (Å²) in [5.74, 6) is 0.810. The topological polar surface area (TPSA) is 70.6 Å². The van der Waals surface area contributed by atoms with E-state index in [0.29, 0.717) is 5.75 Å². The molecule has 0 spiro atoms. The predicted molar refractivity (Wildman–Crippen MR) is 82.8 cm³/mol. The van der Waals surface area contributed by atoms with Crippen LogP contribution in [0.15, 0.2) is 28.5 Å². The standard InChI is InChI=1S/C13H15N3O2S2/c1-13(19-2)8-5-7(3-4-9(8)14-11(13)17)10-6-20-12(18)16-15-10/h3-4,8H,5-6H2,1-2H3,(H,14,17)(H,16,18). The van der Waals surface area contributed by atoms with E-state index < -0.39 is 4.75 Å². The third-order valence-electron chi connectivity index (χ3n) is 4.05. The van der Waals surface area contributed by atoms with Gasteiger partial charge in [-0.1, -0.05) is 17.8 Å². The molecule has 5 nitrogen and oxygen atoms in total. The van der Waals surface area contributed by atoms with Gasteiger partial charge in [0, 0.05) is 17.4 Å². The van der Waals surface area contributed by atoms with Gasteiger partial charge in [0.1, 0.15) is 4.75 Å². The number of nitrogens with zero attached hydrogens (tertiary/aromatic N) is 1. The molecule has 2 atom stereocenters. The van der Waals surface area contributed by atoms with E-state index in [0.717, 1.165) is 23.4 Å². The first-order valence-electron chi connectivity index (χ1n) is 6.31. The maximum absolute atomic E-state index is 12.1. The predicted octanol–water partition coefficient (Wildman–Crippen LogP) is 1.88. The lowest BCUT2D eigenvalue weighted by Gasteiger charge is -2.29. The van der Waals surface area contributed by atoms with Gasteiger partial charge < -0.3 is 5.32 Å². The van der Waals surface area contributed by atoms with Gasteiger partial charge >= 0.3 is 0 Å². The van der Waals surface area contributed by atoms with Crippen LogP contribution in [0.5, 0.6) is 0 Å². The molecule has 3 aliphatic rings. The van der Waals surface area contributed by atoms with Crippen LogP contribution in [0.25, 0.3) is 0 Å². The van der Waals surface area contributed by atoms with Crippen molar-refractivity contribution in [2.45, 2.75) is 18.1 Å². The third-order valence-corrected chi connectivity index (χ3v) is 6.14. The fourth-order valence-electron chi connectivity index (χ4n) is 2.66.